The molecule has 1 amide bonds. The number of aryl methyl sites for hydroxylation is 1. The van der Waals surface area contributed by atoms with E-state index < -0.39 is 0 Å². The van der Waals surface area contributed by atoms with E-state index in [9.17, 15) is 4.79 Å². The molecule has 2 N–H and O–H groups in total. The standard InChI is InChI=1S/C22H26N6O2/c1-14-3-6-19(11-24-14)26-20(15(2)27-23)13-30-21-9-17-7-8-28(12-18(17)10-25-21)22(29)16-4-5-16/h3,6,9-11,16H,4-5,7-8,12-13,23H2,1-2H3/b26-20?,27-15-. The maximum absolute atomic E-state index is 12.3. The molecule has 30 heavy (non-hydrogen) atoms. The van der Waals surface area contributed by atoms with Crippen LogP contribution in [0.15, 0.2) is 40.7 Å². The molecule has 0 unspecified atom stereocenters. The van der Waals surface area contributed by atoms with Crippen molar-refractivity contribution in [3.05, 3.63) is 47.4 Å². The van der Waals surface area contributed by atoms with Crippen molar-refractivity contribution < 1.29 is 9.53 Å². The molecule has 0 bridgehead atoms. The van der Waals surface area contributed by atoms with Gasteiger partial charge in [0.2, 0.25) is 11.8 Å². The molecule has 2 aliphatic rings. The predicted molar refractivity (Wildman–Crippen MR) is 115 cm³/mol. The van der Waals surface area contributed by atoms with E-state index in [4.69, 9.17) is 10.6 Å². The third kappa shape index (κ3) is 4.64. The summed E-state index contributed by atoms with van der Waals surface area (Å²) < 4.78 is 5.90. The van der Waals surface area contributed by atoms with Crippen molar-refractivity contribution in [2.75, 3.05) is 13.2 Å². The number of aliphatic imine (C=N–C) groups is 1. The van der Waals surface area contributed by atoms with Crippen molar-refractivity contribution in [3.63, 3.8) is 0 Å². The quantitative estimate of drug-likeness (QED) is 0.451. The first kappa shape index (κ1) is 20.0. The Morgan fingerprint density at radius 3 is 2.80 bits per heavy atom. The number of hydrazone groups is 1. The first-order chi connectivity index (χ1) is 14.5. The predicted octanol–water partition coefficient (Wildman–Crippen LogP) is 2.57. The number of amides is 1. The highest BCUT2D eigenvalue weighted by Crippen LogP contribution is 2.33. The summed E-state index contributed by atoms with van der Waals surface area (Å²) in [6, 6.07) is 5.74. The van der Waals surface area contributed by atoms with E-state index in [2.05, 4.69) is 20.1 Å². The molecule has 0 aromatic carbocycles. The molecule has 0 saturated heterocycles. The molecule has 0 atom stereocenters. The zero-order valence-electron chi connectivity index (χ0n) is 17.3. The summed E-state index contributed by atoms with van der Waals surface area (Å²) in [7, 11) is 0. The Balaban J connectivity index is 1.44. The van der Waals surface area contributed by atoms with Crippen LogP contribution in [0.25, 0.3) is 0 Å². The monoisotopic (exact) mass is 406 g/mol. The summed E-state index contributed by atoms with van der Waals surface area (Å²) in [5, 5.41) is 3.76. The van der Waals surface area contributed by atoms with Gasteiger partial charge in [-0.05, 0) is 56.4 Å². The molecule has 3 heterocycles. The Morgan fingerprint density at radius 2 is 2.10 bits per heavy atom. The SMILES string of the molecule is C/C(=N/N)C(COc1cc2c(cn1)CN(C(=O)C1CC1)CC2)=Nc1ccc(C)nc1. The number of carbonyl (C=O) groups excluding carboxylic acids is 1. The van der Waals surface area contributed by atoms with Crippen LogP contribution in [0.3, 0.4) is 0 Å². The highest BCUT2D eigenvalue weighted by Gasteiger charge is 2.34. The first-order valence-electron chi connectivity index (χ1n) is 10.2. The maximum atomic E-state index is 12.3. The number of rotatable bonds is 6. The zero-order valence-corrected chi connectivity index (χ0v) is 17.3. The molecule has 4 rings (SSSR count). The van der Waals surface area contributed by atoms with E-state index >= 15 is 0 Å². The van der Waals surface area contributed by atoms with E-state index in [1.165, 1.54) is 5.56 Å². The molecule has 2 aromatic heterocycles. The Morgan fingerprint density at radius 1 is 1.27 bits per heavy atom. The minimum absolute atomic E-state index is 0.193. The third-order valence-electron chi connectivity index (χ3n) is 5.44. The van der Waals surface area contributed by atoms with Crippen LogP contribution in [-0.2, 0) is 17.8 Å². The van der Waals surface area contributed by atoms with Crippen molar-refractivity contribution in [2.24, 2.45) is 21.9 Å². The molecule has 0 spiro atoms. The van der Waals surface area contributed by atoms with Crippen molar-refractivity contribution >= 4 is 23.0 Å². The average molecular weight is 406 g/mol. The van der Waals surface area contributed by atoms with Gasteiger partial charge in [0.25, 0.3) is 0 Å². The molecule has 1 fully saturated rings. The molecule has 0 radical (unpaired) electrons. The Kier molecular flexibility index (Phi) is 5.74. The van der Waals surface area contributed by atoms with Gasteiger partial charge in [-0.15, -0.1) is 0 Å². The average Bonchev–Trinajstić information content (AvgIpc) is 3.62. The molecule has 1 aliphatic heterocycles. The van der Waals surface area contributed by atoms with Crippen molar-refractivity contribution in [1.29, 1.82) is 0 Å². The lowest BCUT2D eigenvalue weighted by molar-refractivity contribution is -0.133. The van der Waals surface area contributed by atoms with E-state index in [1.54, 1.807) is 13.1 Å². The second-order valence-electron chi connectivity index (χ2n) is 7.79. The highest BCUT2D eigenvalue weighted by molar-refractivity contribution is 6.42. The van der Waals surface area contributed by atoms with Crippen LogP contribution in [-0.4, -0.2) is 45.4 Å². The molecule has 8 heteroatoms. The van der Waals surface area contributed by atoms with Crippen LogP contribution >= 0.6 is 0 Å². The van der Waals surface area contributed by atoms with Crippen molar-refractivity contribution in [1.82, 2.24) is 14.9 Å². The fourth-order valence-corrected chi connectivity index (χ4v) is 3.39. The van der Waals surface area contributed by atoms with Gasteiger partial charge in [0.1, 0.15) is 12.3 Å². The Bertz CT molecular complexity index is 995. The minimum atomic E-state index is 0.193. The number of aromatic nitrogens is 2. The molecule has 2 aromatic rings. The van der Waals surface area contributed by atoms with Crippen LogP contribution in [0.2, 0.25) is 0 Å². The fraction of sp³-hybridized carbons (Fsp3) is 0.409. The number of pyridine rings is 2. The second-order valence-corrected chi connectivity index (χ2v) is 7.79. The van der Waals surface area contributed by atoms with Crippen LogP contribution < -0.4 is 10.6 Å². The number of nitrogens with zero attached hydrogens (tertiary/aromatic N) is 5. The lowest BCUT2D eigenvalue weighted by Crippen LogP contribution is -2.37. The summed E-state index contributed by atoms with van der Waals surface area (Å²) in [5.41, 5.74) is 5.09. The molecule has 8 nitrogen and oxygen atoms in total. The maximum Gasteiger partial charge on any atom is 0.225 e. The van der Waals surface area contributed by atoms with Gasteiger partial charge in [-0.1, -0.05) is 0 Å². The summed E-state index contributed by atoms with van der Waals surface area (Å²) in [5.74, 6) is 6.51. The van der Waals surface area contributed by atoms with Gasteiger partial charge in [-0.25, -0.2) is 9.98 Å². The van der Waals surface area contributed by atoms with Gasteiger partial charge in [-0.2, -0.15) is 5.10 Å². The van der Waals surface area contributed by atoms with E-state index in [0.29, 0.717) is 29.5 Å². The van der Waals surface area contributed by atoms with Crippen LogP contribution in [0.4, 0.5) is 5.69 Å². The van der Waals surface area contributed by atoms with E-state index in [0.717, 1.165) is 37.1 Å². The van der Waals surface area contributed by atoms with Gasteiger partial charge in [0, 0.05) is 37.0 Å². The number of nitrogens with two attached hydrogens (primary N) is 1. The number of hydrogen-bond donors (Lipinski definition) is 1. The summed E-state index contributed by atoms with van der Waals surface area (Å²) >= 11 is 0. The molecule has 1 saturated carbocycles. The number of hydrogen-bond acceptors (Lipinski definition) is 7. The zero-order chi connectivity index (χ0) is 21.1. The first-order valence-corrected chi connectivity index (χ1v) is 10.2. The van der Waals surface area contributed by atoms with Gasteiger partial charge < -0.3 is 15.5 Å². The van der Waals surface area contributed by atoms with Crippen LogP contribution in [0, 0.1) is 12.8 Å². The van der Waals surface area contributed by atoms with Gasteiger partial charge in [0.15, 0.2) is 0 Å². The normalized spacial score (nSPS) is 16.9. The third-order valence-corrected chi connectivity index (χ3v) is 5.44. The van der Waals surface area contributed by atoms with Gasteiger partial charge >= 0.3 is 0 Å². The molecular weight excluding hydrogens is 380 g/mol. The van der Waals surface area contributed by atoms with Crippen LogP contribution in [0.5, 0.6) is 5.88 Å². The number of fused-ring (bicyclic) bond motifs is 1. The molecule has 156 valence electrons. The minimum Gasteiger partial charge on any atom is -0.471 e. The van der Waals surface area contributed by atoms with Crippen molar-refractivity contribution in [3.8, 4) is 5.88 Å². The lowest BCUT2D eigenvalue weighted by Gasteiger charge is -2.29. The number of ether oxygens (including phenoxy) is 1. The van der Waals surface area contributed by atoms with Crippen LogP contribution in [0.1, 0.15) is 36.6 Å². The smallest absolute Gasteiger partial charge is 0.225 e. The van der Waals surface area contributed by atoms with Gasteiger partial charge in [0.05, 0.1) is 17.6 Å². The largest absolute Gasteiger partial charge is 0.471 e. The fourth-order valence-electron chi connectivity index (χ4n) is 3.39. The number of carbonyl (C=O) groups is 1. The van der Waals surface area contributed by atoms with Crippen molar-refractivity contribution in [2.45, 2.75) is 39.7 Å². The van der Waals surface area contributed by atoms with Gasteiger partial charge in [-0.3, -0.25) is 9.78 Å². The summed E-state index contributed by atoms with van der Waals surface area (Å²) in [4.78, 5) is 27.5. The van der Waals surface area contributed by atoms with E-state index in [-0.39, 0.29) is 18.4 Å². The van der Waals surface area contributed by atoms with E-state index in [1.807, 2.05) is 36.2 Å². The lowest BCUT2D eigenvalue weighted by atomic mass is 10.0. The molecule has 1 aliphatic carbocycles. The second kappa shape index (κ2) is 8.61. The molecular formula is C22H26N6O2. The summed E-state index contributed by atoms with van der Waals surface area (Å²) in [6.45, 7) is 5.28. The summed E-state index contributed by atoms with van der Waals surface area (Å²) in [6.07, 6.45) is 6.38. The Labute approximate surface area is 175 Å². The topological polar surface area (TPSA) is 106 Å². The Hall–Kier alpha value is -3.29. The highest BCUT2D eigenvalue weighted by atomic mass is 16.5.